The highest BCUT2D eigenvalue weighted by atomic mass is 15.2. The normalized spacial score (nSPS) is 20.0. The summed E-state index contributed by atoms with van der Waals surface area (Å²) in [6.07, 6.45) is 6.96. The van der Waals surface area contributed by atoms with Gasteiger partial charge in [0.2, 0.25) is 0 Å². The molecule has 2 aromatic heterocycles. The Morgan fingerprint density at radius 1 is 0.328 bits per heavy atom. The van der Waals surface area contributed by atoms with Gasteiger partial charge in [-0.05, 0) is 162 Å². The minimum atomic E-state index is 0.0813. The number of anilines is 3. The van der Waals surface area contributed by atoms with Crippen molar-refractivity contribution in [2.75, 3.05) is 4.90 Å². The summed E-state index contributed by atoms with van der Waals surface area (Å²) in [5, 5.41) is 5.04. The highest BCUT2D eigenvalue weighted by Crippen LogP contribution is 2.69. The van der Waals surface area contributed by atoms with Crippen LogP contribution in [0.5, 0.6) is 0 Å². The van der Waals surface area contributed by atoms with E-state index in [-0.39, 0.29) is 5.41 Å². The Hall–Kier alpha value is -7.62. The molecule has 4 bridgehead atoms. The molecule has 0 amide bonds. The standard InChI is InChI=1S/C64H49N3/c1-2-16-48(17-3-1)65-58-25-10-5-20-51(58)53-39-43(29-31-60(53)65)44-30-32-61-54(40-44)52-21-6-11-26-59(52)66(61)49-18-14-15-45(38-49)50-19-4-9-24-57(50)67-62-27-12-7-22-55(62)64(56-23-8-13-28-63(56)67)46-34-41-33-42(36-46)37-47(64)35-41/h1-32,38-42,46-47H,33-37H2/t41-,42+,46-,47?. The van der Waals surface area contributed by atoms with Gasteiger partial charge in [0, 0.05) is 43.9 Å². The van der Waals surface area contributed by atoms with Crippen molar-refractivity contribution in [2.24, 2.45) is 23.7 Å². The minimum absolute atomic E-state index is 0.0813. The Morgan fingerprint density at radius 3 is 1.42 bits per heavy atom. The molecule has 1 spiro atoms. The van der Waals surface area contributed by atoms with E-state index in [0.717, 1.165) is 17.5 Å². The van der Waals surface area contributed by atoms with Gasteiger partial charge in [-0.3, -0.25) is 0 Å². The quantitative estimate of drug-likeness (QED) is 0.168. The van der Waals surface area contributed by atoms with Crippen LogP contribution in [-0.4, -0.2) is 9.13 Å². The molecule has 1 aliphatic heterocycles. The van der Waals surface area contributed by atoms with Gasteiger partial charge in [-0.25, -0.2) is 0 Å². The summed E-state index contributed by atoms with van der Waals surface area (Å²) in [5.41, 5.74) is 19.2. The van der Waals surface area contributed by atoms with Gasteiger partial charge >= 0.3 is 0 Å². The predicted molar refractivity (Wildman–Crippen MR) is 278 cm³/mol. The van der Waals surface area contributed by atoms with Crippen LogP contribution in [0.4, 0.5) is 17.1 Å². The third-order valence-electron chi connectivity index (χ3n) is 16.9. The van der Waals surface area contributed by atoms with Crippen LogP contribution in [0.2, 0.25) is 0 Å². The molecule has 3 heteroatoms. The van der Waals surface area contributed by atoms with E-state index >= 15 is 0 Å². The van der Waals surface area contributed by atoms with Crippen molar-refractivity contribution in [3.8, 4) is 33.6 Å². The van der Waals surface area contributed by atoms with E-state index in [4.69, 9.17) is 0 Å². The largest absolute Gasteiger partial charge is 0.309 e. The van der Waals surface area contributed by atoms with E-state index in [0.29, 0.717) is 11.8 Å². The maximum atomic E-state index is 2.61. The van der Waals surface area contributed by atoms with Crippen LogP contribution in [0.3, 0.4) is 0 Å². The van der Waals surface area contributed by atoms with Gasteiger partial charge in [0.05, 0.1) is 39.1 Å². The van der Waals surface area contributed by atoms with Crippen molar-refractivity contribution in [2.45, 2.75) is 37.5 Å². The average molecular weight is 860 g/mol. The predicted octanol–water partition coefficient (Wildman–Crippen LogP) is 16.7. The van der Waals surface area contributed by atoms with Gasteiger partial charge in [-0.15, -0.1) is 0 Å². The second-order valence-electron chi connectivity index (χ2n) is 20.1. The molecule has 4 fully saturated rings. The van der Waals surface area contributed by atoms with Crippen LogP contribution in [0, 0.1) is 23.7 Å². The summed E-state index contributed by atoms with van der Waals surface area (Å²) in [4.78, 5) is 2.61. The third kappa shape index (κ3) is 5.29. The fourth-order valence-corrected chi connectivity index (χ4v) is 14.5. The molecule has 0 saturated heterocycles. The number of aromatic nitrogens is 2. The zero-order valence-corrected chi connectivity index (χ0v) is 37.4. The van der Waals surface area contributed by atoms with Gasteiger partial charge in [0.1, 0.15) is 0 Å². The first-order valence-electron chi connectivity index (χ1n) is 24.5. The number of rotatable bonds is 5. The van der Waals surface area contributed by atoms with Crippen molar-refractivity contribution in [1.29, 1.82) is 0 Å². The molecular weight excluding hydrogens is 811 g/mol. The Morgan fingerprint density at radius 2 is 0.806 bits per heavy atom. The monoisotopic (exact) mass is 859 g/mol. The molecule has 11 aromatic rings. The van der Waals surface area contributed by atoms with Crippen molar-refractivity contribution in [3.63, 3.8) is 0 Å². The van der Waals surface area contributed by atoms with Crippen LogP contribution >= 0.6 is 0 Å². The van der Waals surface area contributed by atoms with Crippen LogP contribution in [0.15, 0.2) is 212 Å². The van der Waals surface area contributed by atoms with Crippen LogP contribution in [0.1, 0.15) is 43.2 Å². The van der Waals surface area contributed by atoms with Crippen LogP contribution in [-0.2, 0) is 5.41 Å². The molecule has 0 unspecified atom stereocenters. The Bertz CT molecular complexity index is 3710. The van der Waals surface area contributed by atoms with Gasteiger partial charge < -0.3 is 14.0 Å². The Labute approximate surface area is 391 Å². The molecule has 0 atom stereocenters. The summed E-state index contributed by atoms with van der Waals surface area (Å²) in [5.74, 6) is 3.23. The molecule has 320 valence electrons. The summed E-state index contributed by atoms with van der Waals surface area (Å²) >= 11 is 0. The minimum Gasteiger partial charge on any atom is -0.309 e. The topological polar surface area (TPSA) is 13.1 Å². The highest BCUT2D eigenvalue weighted by molar-refractivity contribution is 6.13. The molecule has 9 aromatic carbocycles. The lowest BCUT2D eigenvalue weighted by Gasteiger charge is -2.64. The maximum absolute atomic E-state index is 2.61. The number of benzene rings is 9. The average Bonchev–Trinajstić information content (AvgIpc) is 3.90. The molecule has 4 saturated carbocycles. The second-order valence-corrected chi connectivity index (χ2v) is 20.1. The third-order valence-corrected chi connectivity index (χ3v) is 16.9. The molecule has 4 aliphatic carbocycles. The van der Waals surface area contributed by atoms with Crippen LogP contribution < -0.4 is 4.90 Å². The van der Waals surface area contributed by atoms with E-state index in [1.807, 2.05) is 0 Å². The van der Waals surface area contributed by atoms with Crippen molar-refractivity contribution < 1.29 is 0 Å². The van der Waals surface area contributed by atoms with Gasteiger partial charge in [0.15, 0.2) is 0 Å². The number of hydrogen-bond donors (Lipinski definition) is 0. The molecule has 3 nitrogen and oxygen atoms in total. The zero-order chi connectivity index (χ0) is 43.8. The Balaban J connectivity index is 0.855. The molecule has 67 heavy (non-hydrogen) atoms. The number of fused-ring (bicyclic) bond motifs is 8. The van der Waals surface area contributed by atoms with Gasteiger partial charge in [0.25, 0.3) is 0 Å². The van der Waals surface area contributed by atoms with Gasteiger partial charge in [-0.2, -0.15) is 0 Å². The fourth-order valence-electron chi connectivity index (χ4n) is 14.5. The summed E-state index contributed by atoms with van der Waals surface area (Å²) in [6, 6.07) is 79.8. The summed E-state index contributed by atoms with van der Waals surface area (Å²) in [7, 11) is 0. The van der Waals surface area contributed by atoms with Gasteiger partial charge in [-0.1, -0.05) is 133 Å². The lowest BCUT2D eigenvalue weighted by Crippen LogP contribution is -2.57. The first-order valence-corrected chi connectivity index (χ1v) is 24.5. The lowest BCUT2D eigenvalue weighted by molar-refractivity contribution is -0.0419. The maximum Gasteiger partial charge on any atom is 0.0541 e. The first kappa shape index (κ1) is 37.6. The number of nitrogens with zero attached hydrogens (tertiary/aromatic N) is 3. The van der Waals surface area contributed by atoms with E-state index in [2.05, 4.69) is 226 Å². The highest BCUT2D eigenvalue weighted by Gasteiger charge is 2.61. The van der Waals surface area contributed by atoms with E-state index < -0.39 is 0 Å². The van der Waals surface area contributed by atoms with E-state index in [1.54, 1.807) is 11.1 Å². The fraction of sp³-hybridized carbons (Fsp3) is 0.156. The summed E-state index contributed by atoms with van der Waals surface area (Å²) < 4.78 is 4.86. The van der Waals surface area contributed by atoms with E-state index in [9.17, 15) is 0 Å². The van der Waals surface area contributed by atoms with Crippen molar-refractivity contribution in [1.82, 2.24) is 9.13 Å². The first-order chi connectivity index (χ1) is 33.2. The lowest BCUT2D eigenvalue weighted by atomic mass is 9.41. The van der Waals surface area contributed by atoms with Crippen molar-refractivity contribution >= 4 is 60.7 Å². The Kier molecular flexibility index (Phi) is 7.96. The SMILES string of the molecule is c1ccc(-n2c3ccccc3c3cc(-c4ccc5c(c4)c4ccccc4n5-c4cccc(-c5ccccc5N5c6ccccc6C6(c7ccccc75)C5C[C@H]7C[C@@H](C5)C[C@@H]6C7)c4)ccc32)cc1. The second kappa shape index (κ2) is 14.2. The molecular formula is C64H49N3. The molecule has 3 heterocycles. The van der Waals surface area contributed by atoms with Crippen molar-refractivity contribution in [3.05, 3.63) is 223 Å². The number of hydrogen-bond acceptors (Lipinski definition) is 1. The number of para-hydroxylation sites is 6. The van der Waals surface area contributed by atoms with E-state index in [1.165, 1.54) is 121 Å². The zero-order valence-electron chi connectivity index (χ0n) is 37.4. The molecule has 0 N–H and O–H groups in total. The summed E-state index contributed by atoms with van der Waals surface area (Å²) in [6.45, 7) is 0. The smallest absolute Gasteiger partial charge is 0.0541 e. The molecule has 16 rings (SSSR count). The molecule has 5 aliphatic rings. The van der Waals surface area contributed by atoms with Crippen LogP contribution in [0.25, 0.3) is 77.2 Å². The molecule has 0 radical (unpaired) electrons.